The van der Waals surface area contributed by atoms with Crippen molar-refractivity contribution in [2.24, 2.45) is 12.1 Å². The predicted octanol–water partition coefficient (Wildman–Crippen LogP) is 3.77. The molecule has 8 heteroatoms. The van der Waals surface area contributed by atoms with E-state index in [1.54, 1.807) is 22.5 Å². The maximum atomic E-state index is 12.6. The average molecular weight is 414 g/mol. The highest BCUT2D eigenvalue weighted by atomic mass is 35.5. The standard InChI is InChI=1S/C20H20ClN5OS/c1-13-16(21)10-7-11-17(13)23-20(28)24-22-12-18-14(2)19(27)26(25(18)3)15-8-5-4-6-9-15/h4-12H,1-3H3,(H2,23,24,28). The van der Waals surface area contributed by atoms with E-state index < -0.39 is 0 Å². The third-order valence-corrected chi connectivity index (χ3v) is 5.02. The molecule has 0 saturated carbocycles. The van der Waals surface area contributed by atoms with Gasteiger partial charge in [-0.1, -0.05) is 35.9 Å². The summed E-state index contributed by atoms with van der Waals surface area (Å²) in [5.74, 6) is 0. The van der Waals surface area contributed by atoms with E-state index in [9.17, 15) is 4.79 Å². The molecule has 0 unspecified atom stereocenters. The van der Waals surface area contributed by atoms with Crippen LogP contribution in [0.3, 0.4) is 0 Å². The fourth-order valence-corrected chi connectivity index (χ4v) is 3.18. The summed E-state index contributed by atoms with van der Waals surface area (Å²) >= 11 is 11.4. The first-order valence-electron chi connectivity index (χ1n) is 8.59. The SMILES string of the molecule is Cc1c(Cl)cccc1NC(=S)NN=Cc1c(C)c(=O)n(-c2ccccc2)n1C. The number of nitrogens with one attached hydrogen (secondary N) is 2. The maximum absolute atomic E-state index is 12.6. The van der Waals surface area contributed by atoms with E-state index in [4.69, 9.17) is 23.8 Å². The van der Waals surface area contributed by atoms with Gasteiger partial charge in [-0.05, 0) is 55.9 Å². The molecule has 2 N–H and O–H groups in total. The number of hydrazone groups is 1. The summed E-state index contributed by atoms with van der Waals surface area (Å²) in [4.78, 5) is 12.6. The summed E-state index contributed by atoms with van der Waals surface area (Å²) in [5.41, 5.74) is 6.46. The summed E-state index contributed by atoms with van der Waals surface area (Å²) < 4.78 is 3.36. The van der Waals surface area contributed by atoms with E-state index in [1.165, 1.54) is 0 Å². The van der Waals surface area contributed by atoms with Crippen molar-refractivity contribution in [3.63, 3.8) is 0 Å². The Labute approximate surface area is 173 Å². The summed E-state index contributed by atoms with van der Waals surface area (Å²) in [6, 6.07) is 15.0. The highest BCUT2D eigenvalue weighted by Gasteiger charge is 2.14. The number of thiocarbonyl (C=S) groups is 1. The summed E-state index contributed by atoms with van der Waals surface area (Å²) in [6.07, 6.45) is 1.58. The number of para-hydroxylation sites is 1. The van der Waals surface area contributed by atoms with Crippen molar-refractivity contribution in [1.82, 2.24) is 14.8 Å². The van der Waals surface area contributed by atoms with Gasteiger partial charge >= 0.3 is 0 Å². The van der Waals surface area contributed by atoms with Crippen LogP contribution in [0.25, 0.3) is 5.69 Å². The fourth-order valence-electron chi connectivity index (χ4n) is 2.84. The lowest BCUT2D eigenvalue weighted by Gasteiger charge is -2.11. The molecule has 28 heavy (non-hydrogen) atoms. The van der Waals surface area contributed by atoms with Crippen molar-refractivity contribution in [1.29, 1.82) is 0 Å². The number of benzene rings is 2. The van der Waals surface area contributed by atoms with Gasteiger partial charge in [0.25, 0.3) is 5.56 Å². The Bertz CT molecular complexity index is 1100. The molecule has 0 aliphatic rings. The Morgan fingerprint density at radius 2 is 1.82 bits per heavy atom. The predicted molar refractivity (Wildman–Crippen MR) is 119 cm³/mol. The lowest BCUT2D eigenvalue weighted by atomic mass is 10.2. The van der Waals surface area contributed by atoms with Crippen molar-refractivity contribution in [3.05, 3.63) is 80.7 Å². The van der Waals surface area contributed by atoms with Crippen LogP contribution in [0, 0.1) is 13.8 Å². The second kappa shape index (κ2) is 8.41. The third kappa shape index (κ3) is 4.00. The molecule has 0 fully saturated rings. The number of halogens is 1. The smallest absolute Gasteiger partial charge is 0.274 e. The van der Waals surface area contributed by atoms with E-state index in [-0.39, 0.29) is 5.56 Å². The van der Waals surface area contributed by atoms with Gasteiger partial charge in [0, 0.05) is 23.3 Å². The summed E-state index contributed by atoms with van der Waals surface area (Å²) in [6.45, 7) is 3.68. The molecule has 0 saturated heterocycles. The molecule has 0 radical (unpaired) electrons. The van der Waals surface area contributed by atoms with Crippen molar-refractivity contribution in [3.8, 4) is 5.69 Å². The molecule has 0 amide bonds. The monoisotopic (exact) mass is 413 g/mol. The van der Waals surface area contributed by atoms with Crippen molar-refractivity contribution in [2.45, 2.75) is 13.8 Å². The zero-order valence-corrected chi connectivity index (χ0v) is 17.3. The number of hydrogen-bond donors (Lipinski definition) is 2. The zero-order valence-electron chi connectivity index (χ0n) is 15.7. The van der Waals surface area contributed by atoms with Crippen LogP contribution in [-0.4, -0.2) is 20.7 Å². The Hall–Kier alpha value is -2.90. The third-order valence-electron chi connectivity index (χ3n) is 4.42. The van der Waals surface area contributed by atoms with Gasteiger partial charge < -0.3 is 5.32 Å². The second-order valence-corrected chi connectivity index (χ2v) is 7.04. The molecular weight excluding hydrogens is 394 g/mol. The fraction of sp³-hybridized carbons (Fsp3) is 0.150. The highest BCUT2D eigenvalue weighted by molar-refractivity contribution is 7.80. The lowest BCUT2D eigenvalue weighted by molar-refractivity contribution is 0.642. The van der Waals surface area contributed by atoms with Gasteiger partial charge in [0.05, 0.1) is 17.6 Å². The van der Waals surface area contributed by atoms with E-state index in [0.717, 1.165) is 16.9 Å². The molecule has 144 valence electrons. The van der Waals surface area contributed by atoms with Crippen LogP contribution in [0.4, 0.5) is 5.69 Å². The van der Waals surface area contributed by atoms with Crippen LogP contribution >= 0.6 is 23.8 Å². The molecule has 0 atom stereocenters. The molecule has 2 aromatic carbocycles. The van der Waals surface area contributed by atoms with Crippen LogP contribution in [0.15, 0.2) is 58.4 Å². The van der Waals surface area contributed by atoms with Gasteiger partial charge in [-0.3, -0.25) is 14.9 Å². The van der Waals surface area contributed by atoms with E-state index >= 15 is 0 Å². The lowest BCUT2D eigenvalue weighted by Crippen LogP contribution is -2.24. The number of aromatic nitrogens is 2. The van der Waals surface area contributed by atoms with Crippen molar-refractivity contribution >= 4 is 40.8 Å². The maximum Gasteiger partial charge on any atom is 0.274 e. The van der Waals surface area contributed by atoms with Crippen LogP contribution in [0.2, 0.25) is 5.02 Å². The van der Waals surface area contributed by atoms with E-state index in [1.807, 2.05) is 62.5 Å². The molecular formula is C20H20ClN5OS. The molecule has 3 aromatic rings. The minimum atomic E-state index is -0.0922. The summed E-state index contributed by atoms with van der Waals surface area (Å²) in [7, 11) is 1.81. The Balaban J connectivity index is 1.77. The molecule has 1 aromatic heterocycles. The Morgan fingerprint density at radius 3 is 2.54 bits per heavy atom. The Morgan fingerprint density at radius 1 is 1.11 bits per heavy atom. The first kappa shape index (κ1) is 19.9. The molecule has 6 nitrogen and oxygen atoms in total. The topological polar surface area (TPSA) is 63.4 Å². The summed E-state index contributed by atoms with van der Waals surface area (Å²) in [5, 5.41) is 8.21. The van der Waals surface area contributed by atoms with E-state index in [0.29, 0.717) is 21.4 Å². The van der Waals surface area contributed by atoms with Crippen molar-refractivity contribution < 1.29 is 0 Å². The first-order chi connectivity index (χ1) is 13.4. The highest BCUT2D eigenvalue weighted by Crippen LogP contribution is 2.22. The van der Waals surface area contributed by atoms with Crippen LogP contribution < -0.4 is 16.3 Å². The molecule has 0 aliphatic carbocycles. The van der Waals surface area contributed by atoms with Gasteiger partial charge in [0.1, 0.15) is 0 Å². The largest absolute Gasteiger partial charge is 0.331 e. The zero-order chi connectivity index (χ0) is 20.3. The number of hydrogen-bond acceptors (Lipinski definition) is 3. The van der Waals surface area contributed by atoms with Crippen LogP contribution in [0.1, 0.15) is 16.8 Å². The van der Waals surface area contributed by atoms with E-state index in [2.05, 4.69) is 15.8 Å². The number of nitrogens with zero attached hydrogens (tertiary/aromatic N) is 3. The molecule has 1 heterocycles. The van der Waals surface area contributed by atoms with Gasteiger partial charge in [-0.25, -0.2) is 4.68 Å². The number of rotatable bonds is 4. The van der Waals surface area contributed by atoms with Gasteiger partial charge in [0.2, 0.25) is 0 Å². The average Bonchev–Trinajstić information content (AvgIpc) is 2.89. The molecule has 0 aliphatic heterocycles. The van der Waals surface area contributed by atoms with Crippen LogP contribution in [-0.2, 0) is 7.05 Å². The van der Waals surface area contributed by atoms with Gasteiger partial charge in [0.15, 0.2) is 5.11 Å². The van der Waals surface area contributed by atoms with Gasteiger partial charge in [-0.15, -0.1) is 0 Å². The van der Waals surface area contributed by atoms with Gasteiger partial charge in [-0.2, -0.15) is 5.10 Å². The molecule has 0 spiro atoms. The normalized spacial score (nSPS) is 11.0. The van der Waals surface area contributed by atoms with Crippen LogP contribution in [0.5, 0.6) is 0 Å². The molecule has 0 bridgehead atoms. The first-order valence-corrected chi connectivity index (χ1v) is 9.38. The minimum absolute atomic E-state index is 0.0922. The minimum Gasteiger partial charge on any atom is -0.331 e. The molecule has 3 rings (SSSR count). The number of anilines is 1. The Kier molecular flexibility index (Phi) is 5.96. The van der Waals surface area contributed by atoms with Crippen molar-refractivity contribution in [2.75, 3.05) is 5.32 Å². The quantitative estimate of drug-likeness (QED) is 0.388. The second-order valence-electron chi connectivity index (χ2n) is 6.22.